The van der Waals surface area contributed by atoms with Crippen LogP contribution in [0.4, 0.5) is 5.69 Å². The molecule has 136 valence electrons. The molecule has 0 saturated carbocycles. The van der Waals surface area contributed by atoms with Crippen LogP contribution in [0.1, 0.15) is 16.1 Å². The molecule has 0 saturated heterocycles. The summed E-state index contributed by atoms with van der Waals surface area (Å²) in [6.07, 6.45) is 1.70. The van der Waals surface area contributed by atoms with Crippen molar-refractivity contribution in [2.24, 2.45) is 0 Å². The van der Waals surface area contributed by atoms with Gasteiger partial charge in [-0.25, -0.2) is 9.67 Å². The van der Waals surface area contributed by atoms with Gasteiger partial charge in [-0.2, -0.15) is 5.10 Å². The van der Waals surface area contributed by atoms with Crippen LogP contribution in [0, 0.1) is 6.92 Å². The third-order valence-corrected chi connectivity index (χ3v) is 5.14. The number of thiazole rings is 1. The average molecular weight is 378 g/mol. The Morgan fingerprint density at radius 3 is 2.78 bits per heavy atom. The predicted molar refractivity (Wildman–Crippen MR) is 107 cm³/mol. The Kier molecular flexibility index (Phi) is 4.70. The Hall–Kier alpha value is -3.03. The summed E-state index contributed by atoms with van der Waals surface area (Å²) in [7, 11) is 1.58. The molecule has 0 aliphatic carbocycles. The third-order valence-electron chi connectivity index (χ3n) is 4.07. The molecule has 7 heteroatoms. The molecule has 27 heavy (non-hydrogen) atoms. The van der Waals surface area contributed by atoms with E-state index in [1.165, 1.54) is 10.3 Å². The summed E-state index contributed by atoms with van der Waals surface area (Å²) in [6.45, 7) is 2.39. The molecule has 0 spiro atoms. The van der Waals surface area contributed by atoms with Gasteiger partial charge in [0.05, 0.1) is 10.2 Å². The summed E-state index contributed by atoms with van der Waals surface area (Å²) >= 11 is 1.67. The molecule has 0 aliphatic rings. The lowest BCUT2D eigenvalue weighted by molar-refractivity contribution is 0.101. The standard InChI is InChI=1S/C20H18N4O2S/c1-13-3-8-16-18(11-13)27-20(22-16)14-4-6-15(7-5-14)21-19(25)17-9-10-24(23-17)12-26-2/h3-11H,12H2,1-2H3,(H,21,25). The Morgan fingerprint density at radius 2 is 2.00 bits per heavy atom. The van der Waals surface area contributed by atoms with Gasteiger partial charge in [0.15, 0.2) is 5.69 Å². The highest BCUT2D eigenvalue weighted by Crippen LogP contribution is 2.31. The second-order valence-electron chi connectivity index (χ2n) is 6.18. The smallest absolute Gasteiger partial charge is 0.276 e. The number of nitrogens with one attached hydrogen (secondary N) is 1. The van der Waals surface area contributed by atoms with E-state index in [9.17, 15) is 4.79 Å². The minimum atomic E-state index is -0.256. The fraction of sp³-hybridized carbons (Fsp3) is 0.150. The lowest BCUT2D eigenvalue weighted by atomic mass is 10.2. The first-order valence-electron chi connectivity index (χ1n) is 8.44. The van der Waals surface area contributed by atoms with Gasteiger partial charge >= 0.3 is 0 Å². The topological polar surface area (TPSA) is 69.0 Å². The van der Waals surface area contributed by atoms with Gasteiger partial charge in [-0.05, 0) is 55.0 Å². The molecule has 2 aromatic carbocycles. The van der Waals surface area contributed by atoms with Crippen molar-refractivity contribution in [3.63, 3.8) is 0 Å². The van der Waals surface area contributed by atoms with Crippen LogP contribution < -0.4 is 5.32 Å². The van der Waals surface area contributed by atoms with E-state index in [0.29, 0.717) is 18.1 Å². The molecule has 6 nitrogen and oxygen atoms in total. The fourth-order valence-electron chi connectivity index (χ4n) is 2.73. The Bertz CT molecular complexity index is 1100. The van der Waals surface area contributed by atoms with E-state index in [4.69, 9.17) is 4.74 Å². The summed E-state index contributed by atoms with van der Waals surface area (Å²) in [5.74, 6) is -0.256. The lowest BCUT2D eigenvalue weighted by Gasteiger charge is -2.04. The number of benzene rings is 2. The van der Waals surface area contributed by atoms with Crippen molar-refractivity contribution in [1.82, 2.24) is 14.8 Å². The maximum absolute atomic E-state index is 12.3. The van der Waals surface area contributed by atoms with Crippen molar-refractivity contribution >= 4 is 33.1 Å². The first-order valence-corrected chi connectivity index (χ1v) is 9.25. The predicted octanol–water partition coefficient (Wildman–Crippen LogP) is 4.32. The number of anilines is 1. The van der Waals surface area contributed by atoms with Gasteiger partial charge in [-0.15, -0.1) is 11.3 Å². The van der Waals surface area contributed by atoms with E-state index in [1.807, 2.05) is 30.3 Å². The van der Waals surface area contributed by atoms with Crippen LogP contribution in [0.2, 0.25) is 0 Å². The highest BCUT2D eigenvalue weighted by atomic mass is 32.1. The highest BCUT2D eigenvalue weighted by Gasteiger charge is 2.11. The molecule has 0 atom stereocenters. The highest BCUT2D eigenvalue weighted by molar-refractivity contribution is 7.21. The van der Waals surface area contributed by atoms with Crippen LogP contribution in [0.3, 0.4) is 0 Å². The van der Waals surface area contributed by atoms with Gasteiger partial charge < -0.3 is 10.1 Å². The number of nitrogens with zero attached hydrogens (tertiary/aromatic N) is 3. The third kappa shape index (κ3) is 3.74. The first-order chi connectivity index (χ1) is 13.1. The van der Waals surface area contributed by atoms with Gasteiger partial charge in [0.2, 0.25) is 0 Å². The molecular formula is C20H18N4O2S. The molecule has 4 aromatic rings. The summed E-state index contributed by atoms with van der Waals surface area (Å²) in [6, 6.07) is 15.6. The van der Waals surface area contributed by atoms with E-state index >= 15 is 0 Å². The minimum Gasteiger partial charge on any atom is -0.362 e. The molecule has 1 N–H and O–H groups in total. The maximum Gasteiger partial charge on any atom is 0.276 e. The summed E-state index contributed by atoms with van der Waals surface area (Å²) in [4.78, 5) is 17.0. The number of aryl methyl sites for hydroxylation is 1. The van der Waals surface area contributed by atoms with Crippen LogP contribution in [-0.4, -0.2) is 27.8 Å². The monoisotopic (exact) mass is 378 g/mol. The van der Waals surface area contributed by atoms with E-state index in [2.05, 4.69) is 34.5 Å². The molecule has 0 radical (unpaired) electrons. The normalized spacial score (nSPS) is 11.0. The van der Waals surface area contributed by atoms with Crippen LogP contribution in [-0.2, 0) is 11.5 Å². The Morgan fingerprint density at radius 1 is 1.19 bits per heavy atom. The molecule has 0 aliphatic heterocycles. The van der Waals surface area contributed by atoms with Gasteiger partial charge in [-0.1, -0.05) is 6.07 Å². The van der Waals surface area contributed by atoms with Crippen LogP contribution >= 0.6 is 11.3 Å². The van der Waals surface area contributed by atoms with Crippen molar-refractivity contribution < 1.29 is 9.53 Å². The SMILES string of the molecule is COCn1ccc(C(=O)Nc2ccc(-c3nc4ccc(C)cc4s3)cc2)n1. The number of rotatable bonds is 5. The second-order valence-corrected chi connectivity index (χ2v) is 7.21. The summed E-state index contributed by atoms with van der Waals surface area (Å²) < 4.78 is 7.72. The van der Waals surface area contributed by atoms with Gasteiger partial charge in [0.1, 0.15) is 11.7 Å². The van der Waals surface area contributed by atoms with E-state index in [-0.39, 0.29) is 5.91 Å². The van der Waals surface area contributed by atoms with E-state index in [1.54, 1.807) is 35.4 Å². The molecule has 2 heterocycles. The second kappa shape index (κ2) is 7.30. The summed E-state index contributed by atoms with van der Waals surface area (Å²) in [5, 5.41) is 7.98. The van der Waals surface area contributed by atoms with Gasteiger partial charge in [-0.3, -0.25) is 4.79 Å². The zero-order chi connectivity index (χ0) is 18.8. The van der Waals surface area contributed by atoms with Gasteiger partial charge in [0, 0.05) is 24.6 Å². The van der Waals surface area contributed by atoms with Gasteiger partial charge in [0.25, 0.3) is 5.91 Å². The molecule has 2 aromatic heterocycles. The molecule has 4 rings (SSSR count). The van der Waals surface area contributed by atoms with Crippen LogP contribution in [0.15, 0.2) is 54.7 Å². The minimum absolute atomic E-state index is 0.256. The number of hydrogen-bond acceptors (Lipinski definition) is 5. The first kappa shape index (κ1) is 17.4. The average Bonchev–Trinajstić information content (AvgIpc) is 3.29. The largest absolute Gasteiger partial charge is 0.362 e. The van der Waals surface area contributed by atoms with Crippen molar-refractivity contribution in [2.45, 2.75) is 13.7 Å². The van der Waals surface area contributed by atoms with Crippen molar-refractivity contribution in [1.29, 1.82) is 0 Å². The molecule has 1 amide bonds. The van der Waals surface area contributed by atoms with E-state index in [0.717, 1.165) is 16.1 Å². The molecule has 0 bridgehead atoms. The number of aromatic nitrogens is 3. The van der Waals surface area contributed by atoms with Crippen LogP contribution in [0.5, 0.6) is 0 Å². The molecule has 0 fully saturated rings. The summed E-state index contributed by atoms with van der Waals surface area (Å²) in [5.41, 5.74) is 4.31. The van der Waals surface area contributed by atoms with Crippen molar-refractivity contribution in [3.05, 3.63) is 66.0 Å². The van der Waals surface area contributed by atoms with E-state index < -0.39 is 0 Å². The maximum atomic E-state index is 12.3. The number of carbonyl (C=O) groups is 1. The number of hydrogen-bond donors (Lipinski definition) is 1. The van der Waals surface area contributed by atoms with Crippen LogP contribution in [0.25, 0.3) is 20.8 Å². The number of ether oxygens (including phenoxy) is 1. The molecular weight excluding hydrogens is 360 g/mol. The molecule has 0 unspecified atom stereocenters. The van der Waals surface area contributed by atoms with Crippen molar-refractivity contribution in [3.8, 4) is 10.6 Å². The number of carbonyl (C=O) groups excluding carboxylic acids is 1. The van der Waals surface area contributed by atoms with Crippen molar-refractivity contribution in [2.75, 3.05) is 12.4 Å². The zero-order valence-electron chi connectivity index (χ0n) is 15.0. The zero-order valence-corrected chi connectivity index (χ0v) is 15.8. The number of fused-ring (bicyclic) bond motifs is 1. The Labute approximate surface area is 160 Å². The lowest BCUT2D eigenvalue weighted by Crippen LogP contribution is -2.13. The Balaban J connectivity index is 1.50. The fourth-order valence-corrected chi connectivity index (χ4v) is 3.80. The quantitative estimate of drug-likeness (QED) is 0.561. The number of methoxy groups -OCH3 is 1. The number of amides is 1.